The number of para-hydroxylation sites is 1. The molecule has 2 amide bonds. The van der Waals surface area contributed by atoms with Gasteiger partial charge in [-0.1, -0.05) is 30.3 Å². The van der Waals surface area contributed by atoms with Crippen molar-refractivity contribution >= 4 is 28.8 Å². The van der Waals surface area contributed by atoms with E-state index in [0.717, 1.165) is 11.1 Å². The number of benzene rings is 3. The van der Waals surface area contributed by atoms with E-state index in [-0.39, 0.29) is 11.9 Å². The number of amides is 2. The lowest BCUT2D eigenvalue weighted by Gasteiger charge is -2.21. The Morgan fingerprint density at radius 2 is 1.69 bits per heavy atom. The van der Waals surface area contributed by atoms with Gasteiger partial charge in [0.2, 0.25) is 5.91 Å². The van der Waals surface area contributed by atoms with Gasteiger partial charge >= 0.3 is 0 Å². The fourth-order valence-electron chi connectivity index (χ4n) is 5.18. The quantitative estimate of drug-likeness (QED) is 0.1000. The maximum atomic E-state index is 13.6. The normalized spacial score (nSPS) is 11.6. The summed E-state index contributed by atoms with van der Waals surface area (Å²) in [6.07, 6.45) is 4.31. The van der Waals surface area contributed by atoms with Crippen LogP contribution in [0.3, 0.4) is 0 Å². The van der Waals surface area contributed by atoms with Gasteiger partial charge in [0.25, 0.3) is 5.91 Å². The zero-order chi connectivity index (χ0) is 31.8. The number of nitrogens with two attached hydrogens (primary N) is 3. The van der Waals surface area contributed by atoms with E-state index in [9.17, 15) is 9.59 Å². The zero-order valence-corrected chi connectivity index (χ0v) is 25.0. The number of ether oxygens (including phenoxy) is 1. The molecule has 0 saturated heterocycles. The van der Waals surface area contributed by atoms with Crippen LogP contribution in [0, 0.1) is 0 Å². The number of carbonyl (C=O) groups excluding carboxylic acids is 2. The molecule has 11 heteroatoms. The van der Waals surface area contributed by atoms with Crippen LogP contribution in [0.15, 0.2) is 102 Å². The highest BCUT2D eigenvalue weighted by atomic mass is 16.5. The number of nitrogens with zero attached hydrogens (tertiary/aromatic N) is 5. The first-order chi connectivity index (χ1) is 21.8. The summed E-state index contributed by atoms with van der Waals surface area (Å²) in [4.78, 5) is 41.4. The molecular weight excluding hydrogens is 568 g/mol. The molecule has 3 aromatic carbocycles. The number of pyridine rings is 1. The number of rotatable bonds is 13. The molecule has 0 spiro atoms. The molecule has 45 heavy (non-hydrogen) atoms. The van der Waals surface area contributed by atoms with Crippen molar-refractivity contribution in [2.24, 2.45) is 22.2 Å². The molecule has 230 valence electrons. The van der Waals surface area contributed by atoms with E-state index in [1.807, 2.05) is 84.3 Å². The second-order valence-corrected chi connectivity index (χ2v) is 10.5. The molecule has 2 aromatic heterocycles. The number of guanidine groups is 1. The lowest BCUT2D eigenvalue weighted by atomic mass is 10.1. The predicted octanol–water partition coefficient (Wildman–Crippen LogP) is 4.63. The Balaban J connectivity index is 1.56. The lowest BCUT2D eigenvalue weighted by molar-refractivity contribution is -0.121. The molecule has 0 saturated carbocycles. The standard InChI is InChI=1S/C34H36N8O3/c1-2-41(22-23-15-18-38-19-16-23)33(44)25-13-14-29-28(21-25)40-32(42(29)30(31(35)43)12-7-17-39-34(36)37)24-8-6-11-27(20-24)45-26-9-4-3-5-10-26/h3-6,8-11,13-16,18-21,30H,2,7,12,17,22H2,1H3,(H2,35,43)(H4,36,37,39)/t30-/m1/s1. The summed E-state index contributed by atoms with van der Waals surface area (Å²) >= 11 is 0. The third-order valence-corrected chi connectivity index (χ3v) is 7.37. The second-order valence-electron chi connectivity index (χ2n) is 10.5. The number of aromatic nitrogens is 3. The van der Waals surface area contributed by atoms with Crippen LogP contribution in [0.4, 0.5) is 0 Å². The van der Waals surface area contributed by atoms with Crippen LogP contribution in [0.25, 0.3) is 22.4 Å². The summed E-state index contributed by atoms with van der Waals surface area (Å²) in [7, 11) is 0. The number of hydrogen-bond donors (Lipinski definition) is 3. The maximum absolute atomic E-state index is 13.6. The molecule has 6 N–H and O–H groups in total. The third kappa shape index (κ3) is 7.45. The Kier molecular flexibility index (Phi) is 9.68. The molecule has 5 aromatic rings. The van der Waals surface area contributed by atoms with Gasteiger partial charge in [0, 0.05) is 43.2 Å². The van der Waals surface area contributed by atoms with Crippen molar-refractivity contribution in [3.63, 3.8) is 0 Å². The molecule has 0 aliphatic rings. The molecule has 0 aliphatic heterocycles. The first-order valence-corrected chi connectivity index (χ1v) is 14.7. The Labute approximate surface area is 261 Å². The van der Waals surface area contributed by atoms with Crippen molar-refractivity contribution in [3.05, 3.63) is 108 Å². The first kappa shape index (κ1) is 30.7. The van der Waals surface area contributed by atoms with Gasteiger partial charge in [-0.2, -0.15) is 0 Å². The van der Waals surface area contributed by atoms with Crippen molar-refractivity contribution < 1.29 is 14.3 Å². The Morgan fingerprint density at radius 3 is 2.40 bits per heavy atom. The van der Waals surface area contributed by atoms with E-state index in [0.29, 0.717) is 66.4 Å². The van der Waals surface area contributed by atoms with Gasteiger partial charge in [-0.25, -0.2) is 4.98 Å². The fourth-order valence-corrected chi connectivity index (χ4v) is 5.18. The number of primary amides is 1. The van der Waals surface area contributed by atoms with Crippen LogP contribution in [-0.4, -0.2) is 50.3 Å². The van der Waals surface area contributed by atoms with Crippen molar-refractivity contribution in [2.75, 3.05) is 13.1 Å². The Morgan fingerprint density at radius 1 is 0.933 bits per heavy atom. The lowest BCUT2D eigenvalue weighted by Crippen LogP contribution is -2.30. The molecule has 5 rings (SSSR count). The zero-order valence-electron chi connectivity index (χ0n) is 25.0. The maximum Gasteiger partial charge on any atom is 0.254 e. The van der Waals surface area contributed by atoms with Crippen molar-refractivity contribution in [1.29, 1.82) is 0 Å². The SMILES string of the molecule is CCN(Cc1ccncc1)C(=O)c1ccc2c(c1)nc(-c1cccc(Oc3ccccc3)c1)n2[C@H](CCCN=C(N)N)C(N)=O. The summed E-state index contributed by atoms with van der Waals surface area (Å²) in [5, 5.41) is 0. The van der Waals surface area contributed by atoms with E-state index in [1.54, 1.807) is 29.4 Å². The highest BCUT2D eigenvalue weighted by molar-refractivity contribution is 5.98. The summed E-state index contributed by atoms with van der Waals surface area (Å²) in [5.74, 6) is 1.14. The smallest absolute Gasteiger partial charge is 0.254 e. The Bertz CT molecular complexity index is 1800. The van der Waals surface area contributed by atoms with Gasteiger partial charge in [-0.15, -0.1) is 0 Å². The minimum atomic E-state index is -0.752. The van der Waals surface area contributed by atoms with Crippen molar-refractivity contribution in [1.82, 2.24) is 19.4 Å². The van der Waals surface area contributed by atoms with Crippen LogP contribution in [0.1, 0.15) is 41.7 Å². The molecule has 1 atom stereocenters. The van der Waals surface area contributed by atoms with Crippen molar-refractivity contribution in [2.45, 2.75) is 32.4 Å². The van der Waals surface area contributed by atoms with Gasteiger partial charge < -0.3 is 31.4 Å². The fraction of sp³-hybridized carbons (Fsp3) is 0.206. The minimum absolute atomic E-state index is 0.0168. The van der Waals surface area contributed by atoms with Crippen molar-refractivity contribution in [3.8, 4) is 22.9 Å². The molecule has 0 fully saturated rings. The summed E-state index contributed by atoms with van der Waals surface area (Å²) in [6, 6.07) is 25.3. The predicted molar refractivity (Wildman–Crippen MR) is 174 cm³/mol. The number of imidazole rings is 1. The average Bonchev–Trinajstić information content (AvgIpc) is 3.42. The minimum Gasteiger partial charge on any atom is -0.457 e. The monoisotopic (exact) mass is 604 g/mol. The molecule has 0 unspecified atom stereocenters. The van der Waals surface area contributed by atoms with Crippen LogP contribution < -0.4 is 21.9 Å². The highest BCUT2D eigenvalue weighted by Crippen LogP contribution is 2.33. The summed E-state index contributed by atoms with van der Waals surface area (Å²) < 4.78 is 7.91. The molecule has 11 nitrogen and oxygen atoms in total. The molecule has 0 bridgehead atoms. The highest BCUT2D eigenvalue weighted by Gasteiger charge is 2.26. The Hall–Kier alpha value is -5.71. The largest absolute Gasteiger partial charge is 0.457 e. The van der Waals surface area contributed by atoms with E-state index in [1.165, 1.54) is 0 Å². The third-order valence-electron chi connectivity index (χ3n) is 7.37. The first-order valence-electron chi connectivity index (χ1n) is 14.7. The molecule has 0 aliphatic carbocycles. The number of fused-ring (bicyclic) bond motifs is 1. The van der Waals surface area contributed by atoms with Crippen LogP contribution in [0.5, 0.6) is 11.5 Å². The van der Waals surface area contributed by atoms with Gasteiger partial charge in [-0.3, -0.25) is 19.6 Å². The second kappa shape index (κ2) is 14.2. The number of carbonyl (C=O) groups is 2. The van der Waals surface area contributed by atoms with Gasteiger partial charge in [0.1, 0.15) is 23.4 Å². The topological polar surface area (TPSA) is 168 Å². The molecule has 0 radical (unpaired) electrons. The summed E-state index contributed by atoms with van der Waals surface area (Å²) in [5.41, 5.74) is 20.4. The summed E-state index contributed by atoms with van der Waals surface area (Å²) in [6.45, 7) is 3.25. The van der Waals surface area contributed by atoms with Crippen LogP contribution in [0.2, 0.25) is 0 Å². The van der Waals surface area contributed by atoms with E-state index in [4.69, 9.17) is 26.9 Å². The van der Waals surface area contributed by atoms with E-state index < -0.39 is 11.9 Å². The van der Waals surface area contributed by atoms with Crippen LogP contribution >= 0.6 is 0 Å². The molecule has 2 heterocycles. The van der Waals surface area contributed by atoms with Gasteiger partial charge in [-0.05, 0) is 79.9 Å². The van der Waals surface area contributed by atoms with Gasteiger partial charge in [0.05, 0.1) is 11.0 Å². The average molecular weight is 605 g/mol. The van der Waals surface area contributed by atoms with E-state index >= 15 is 0 Å². The van der Waals surface area contributed by atoms with Crippen LogP contribution in [-0.2, 0) is 11.3 Å². The number of hydrogen-bond acceptors (Lipinski definition) is 6. The number of aliphatic imine (C=N–C) groups is 1. The van der Waals surface area contributed by atoms with E-state index in [2.05, 4.69) is 9.98 Å². The molecular formula is C34H36N8O3. The van der Waals surface area contributed by atoms with Gasteiger partial charge in [0.15, 0.2) is 5.96 Å².